The van der Waals surface area contributed by atoms with Crippen molar-refractivity contribution in [3.8, 4) is 0 Å². The number of benzene rings is 1. The van der Waals surface area contributed by atoms with Gasteiger partial charge < -0.3 is 16.0 Å². The summed E-state index contributed by atoms with van der Waals surface area (Å²) in [5.41, 5.74) is 10.9. The second-order valence-corrected chi connectivity index (χ2v) is 5.37. The molecule has 1 aromatic carbocycles. The normalized spacial score (nSPS) is 13.1. The van der Waals surface area contributed by atoms with E-state index in [1.807, 2.05) is 0 Å². The van der Waals surface area contributed by atoms with Crippen molar-refractivity contribution >= 4 is 11.7 Å². The van der Waals surface area contributed by atoms with E-state index < -0.39 is 29.2 Å². The topological polar surface area (TPSA) is 149 Å². The van der Waals surface area contributed by atoms with Gasteiger partial charge in [0.1, 0.15) is 17.6 Å². The number of carbonyl (C=O) groups is 1. The van der Waals surface area contributed by atoms with Crippen LogP contribution in [0.3, 0.4) is 0 Å². The first-order chi connectivity index (χ1) is 12.6. The fraction of sp³-hybridized carbons (Fsp3) is 0.200. The molecular formula is C15H14F3N7O2. The van der Waals surface area contributed by atoms with E-state index in [9.17, 15) is 22.8 Å². The third-order valence-electron chi connectivity index (χ3n) is 3.40. The monoisotopic (exact) mass is 381 g/mol. The van der Waals surface area contributed by atoms with Crippen LogP contribution >= 0.6 is 0 Å². The molecule has 0 saturated carbocycles. The summed E-state index contributed by atoms with van der Waals surface area (Å²) in [5.74, 6) is -0.946. The van der Waals surface area contributed by atoms with Crippen LogP contribution in [0.25, 0.3) is 0 Å². The van der Waals surface area contributed by atoms with Gasteiger partial charge in [-0.2, -0.15) is 18.7 Å². The first kappa shape index (κ1) is 19.8. The highest BCUT2D eigenvalue weighted by atomic mass is 19.4. The third-order valence-corrected chi connectivity index (χ3v) is 3.40. The number of nitrogens with one attached hydrogen (secondary N) is 3. The van der Waals surface area contributed by atoms with E-state index in [4.69, 9.17) is 11.3 Å². The Balaban J connectivity index is 2.37. The molecule has 0 aliphatic rings. The lowest BCUT2D eigenvalue weighted by Crippen LogP contribution is -2.38. The standard InChI is InChI=1S/C15H14F3N7O2/c1-7-21-10(6-11(26)22-7)14(27)23-12(13(19)24-25-20)8-2-4-9(5-3-8)15(16,17)18/h2-6,12H,1H3,(H,23,27)(H3,19,20,24)(H,21,22,26). The highest BCUT2D eigenvalue weighted by molar-refractivity contribution is 5.97. The number of aryl methyl sites for hydroxylation is 1. The molecule has 0 aliphatic heterocycles. The van der Waals surface area contributed by atoms with E-state index >= 15 is 0 Å². The number of alkyl halides is 3. The predicted octanol–water partition coefficient (Wildman–Crippen LogP) is 1.87. The maximum atomic E-state index is 12.7. The Morgan fingerprint density at radius 1 is 1.33 bits per heavy atom. The van der Waals surface area contributed by atoms with Crippen molar-refractivity contribution in [3.63, 3.8) is 0 Å². The maximum Gasteiger partial charge on any atom is 0.416 e. The molecule has 0 bridgehead atoms. The van der Waals surface area contributed by atoms with E-state index in [0.717, 1.165) is 30.3 Å². The molecule has 5 N–H and O–H groups in total. The minimum absolute atomic E-state index is 0.169. The van der Waals surface area contributed by atoms with Gasteiger partial charge in [0.2, 0.25) is 0 Å². The quantitative estimate of drug-likeness (QED) is 0.271. The number of nitrogens with two attached hydrogens (primary N) is 1. The van der Waals surface area contributed by atoms with E-state index in [0.29, 0.717) is 0 Å². The number of rotatable bonds is 5. The van der Waals surface area contributed by atoms with Gasteiger partial charge in [-0.05, 0) is 24.6 Å². The maximum absolute atomic E-state index is 12.7. The van der Waals surface area contributed by atoms with Gasteiger partial charge in [0.25, 0.3) is 11.5 Å². The molecule has 27 heavy (non-hydrogen) atoms. The number of aromatic nitrogens is 2. The molecule has 0 aliphatic carbocycles. The molecule has 142 valence electrons. The van der Waals surface area contributed by atoms with E-state index in [1.54, 1.807) is 0 Å². The molecule has 0 saturated heterocycles. The summed E-state index contributed by atoms with van der Waals surface area (Å²) in [6.07, 6.45) is -4.53. The van der Waals surface area contributed by atoms with Gasteiger partial charge in [0.05, 0.1) is 5.56 Å². The number of hydrogen-bond acceptors (Lipinski definition) is 5. The molecule has 0 radical (unpaired) electrons. The van der Waals surface area contributed by atoms with E-state index in [-0.39, 0.29) is 22.9 Å². The highest BCUT2D eigenvalue weighted by Crippen LogP contribution is 2.30. The van der Waals surface area contributed by atoms with Crippen LogP contribution in [0.1, 0.15) is 33.5 Å². The molecule has 1 heterocycles. The summed E-state index contributed by atoms with van der Waals surface area (Å²) in [5, 5.41) is 8.49. The van der Waals surface area contributed by atoms with Gasteiger partial charge in [-0.15, -0.1) is 5.10 Å². The van der Waals surface area contributed by atoms with Gasteiger partial charge in [-0.25, -0.2) is 4.98 Å². The lowest BCUT2D eigenvalue weighted by atomic mass is 10.0. The Bertz CT molecular complexity index is 936. The number of amidine groups is 1. The van der Waals surface area contributed by atoms with Crippen LogP contribution in [-0.2, 0) is 6.18 Å². The summed E-state index contributed by atoms with van der Waals surface area (Å²) < 4.78 is 38.1. The number of carbonyl (C=O) groups excluding carboxylic acids is 1. The van der Waals surface area contributed by atoms with Crippen LogP contribution in [0.15, 0.2) is 45.5 Å². The zero-order valence-electron chi connectivity index (χ0n) is 13.8. The average Bonchev–Trinajstić information content (AvgIpc) is 2.58. The molecular weight excluding hydrogens is 367 g/mol. The Morgan fingerprint density at radius 2 is 1.96 bits per heavy atom. The Hall–Kier alpha value is -3.57. The lowest BCUT2D eigenvalue weighted by Gasteiger charge is -2.18. The molecule has 1 unspecified atom stereocenters. The van der Waals surface area contributed by atoms with Gasteiger partial charge in [-0.1, -0.05) is 17.4 Å². The van der Waals surface area contributed by atoms with E-state index in [1.165, 1.54) is 6.92 Å². The van der Waals surface area contributed by atoms with Crippen molar-refractivity contribution in [1.29, 1.82) is 5.53 Å². The molecule has 1 atom stereocenters. The molecule has 2 aromatic rings. The predicted molar refractivity (Wildman–Crippen MR) is 88.0 cm³/mol. The van der Waals surface area contributed by atoms with Gasteiger partial charge in [-0.3, -0.25) is 9.59 Å². The Kier molecular flexibility index (Phi) is 5.68. The number of aromatic amines is 1. The molecule has 2 rings (SSSR count). The molecule has 0 fully saturated rings. The van der Waals surface area contributed by atoms with Crippen LogP contribution in [0, 0.1) is 12.5 Å². The summed E-state index contributed by atoms with van der Waals surface area (Å²) >= 11 is 0. The molecule has 12 heteroatoms. The average molecular weight is 381 g/mol. The van der Waals surface area contributed by atoms with Crippen molar-refractivity contribution in [2.24, 2.45) is 16.1 Å². The van der Waals surface area contributed by atoms with Gasteiger partial charge in [0.15, 0.2) is 5.84 Å². The first-order valence-electron chi connectivity index (χ1n) is 7.37. The van der Waals surface area contributed by atoms with Crippen LogP contribution in [0.2, 0.25) is 0 Å². The summed E-state index contributed by atoms with van der Waals surface area (Å²) in [7, 11) is 0. The SMILES string of the molecule is Cc1nc(C(=O)NC(/C(N)=N/N=N)c2ccc(C(F)(F)F)cc2)cc(=O)[nH]1. The van der Waals surface area contributed by atoms with Crippen molar-refractivity contribution < 1.29 is 18.0 Å². The van der Waals surface area contributed by atoms with E-state index in [2.05, 4.69) is 25.6 Å². The van der Waals surface area contributed by atoms with Crippen molar-refractivity contribution in [2.75, 3.05) is 0 Å². The fourth-order valence-corrected chi connectivity index (χ4v) is 2.21. The number of amides is 1. The van der Waals surface area contributed by atoms with Crippen LogP contribution in [0.5, 0.6) is 0 Å². The minimum Gasteiger partial charge on any atom is -0.384 e. The zero-order valence-corrected chi connectivity index (χ0v) is 13.8. The zero-order chi connectivity index (χ0) is 20.2. The number of H-pyrrole nitrogens is 1. The van der Waals surface area contributed by atoms with Crippen molar-refractivity contribution in [3.05, 3.63) is 63.3 Å². The van der Waals surface area contributed by atoms with Crippen LogP contribution in [0.4, 0.5) is 13.2 Å². The molecule has 9 nitrogen and oxygen atoms in total. The molecule has 0 spiro atoms. The van der Waals surface area contributed by atoms with Crippen LogP contribution in [-0.4, -0.2) is 21.7 Å². The Labute approximate surface area is 150 Å². The van der Waals surface area contributed by atoms with Gasteiger partial charge >= 0.3 is 6.18 Å². The second-order valence-electron chi connectivity index (χ2n) is 5.37. The Morgan fingerprint density at radius 3 is 2.48 bits per heavy atom. The smallest absolute Gasteiger partial charge is 0.384 e. The third kappa shape index (κ3) is 4.96. The van der Waals surface area contributed by atoms with Crippen LogP contribution < -0.4 is 16.6 Å². The number of nitrogens with zero attached hydrogens (tertiary/aromatic N) is 3. The first-order valence-corrected chi connectivity index (χ1v) is 7.37. The summed E-state index contributed by atoms with van der Waals surface area (Å²) in [6, 6.07) is 3.61. The minimum atomic E-state index is -4.53. The second kappa shape index (κ2) is 7.76. The highest BCUT2D eigenvalue weighted by Gasteiger charge is 2.30. The number of halogens is 3. The summed E-state index contributed by atoms with van der Waals surface area (Å²) in [6.45, 7) is 1.47. The number of hydrogen-bond donors (Lipinski definition) is 4. The lowest BCUT2D eigenvalue weighted by molar-refractivity contribution is -0.137. The van der Waals surface area contributed by atoms with Crippen molar-refractivity contribution in [1.82, 2.24) is 15.3 Å². The van der Waals surface area contributed by atoms with Gasteiger partial charge in [0, 0.05) is 6.07 Å². The van der Waals surface area contributed by atoms with Crippen molar-refractivity contribution in [2.45, 2.75) is 19.1 Å². The molecule has 1 amide bonds. The largest absolute Gasteiger partial charge is 0.416 e. The fourth-order valence-electron chi connectivity index (χ4n) is 2.21. The summed E-state index contributed by atoms with van der Waals surface area (Å²) in [4.78, 5) is 30.1. The molecule has 1 aromatic heterocycles.